The molecule has 0 radical (unpaired) electrons. The van der Waals surface area contributed by atoms with Gasteiger partial charge in [0.25, 0.3) is 5.91 Å². The Kier molecular flexibility index (Phi) is 1.88. The third-order valence-corrected chi connectivity index (χ3v) is 2.54. The molecule has 1 N–H and O–H groups in total. The van der Waals surface area contributed by atoms with Crippen molar-refractivity contribution in [3.05, 3.63) is 29.5 Å². The van der Waals surface area contributed by atoms with Crippen LogP contribution >= 0.6 is 0 Å². The van der Waals surface area contributed by atoms with Crippen molar-refractivity contribution in [3.63, 3.8) is 0 Å². The van der Waals surface area contributed by atoms with Gasteiger partial charge in [0, 0.05) is 11.8 Å². The first kappa shape index (κ1) is 9.76. The molecule has 0 unspecified atom stereocenters. The lowest BCUT2D eigenvalue weighted by molar-refractivity contribution is -0.119. The van der Waals surface area contributed by atoms with E-state index in [2.05, 4.69) is 15.4 Å². The van der Waals surface area contributed by atoms with Crippen LogP contribution in [0.15, 0.2) is 17.0 Å². The van der Waals surface area contributed by atoms with E-state index in [0.717, 1.165) is 0 Å². The third kappa shape index (κ3) is 1.43. The van der Waals surface area contributed by atoms with E-state index in [-0.39, 0.29) is 18.0 Å². The van der Waals surface area contributed by atoms with Crippen molar-refractivity contribution in [2.75, 3.05) is 0 Å². The van der Waals surface area contributed by atoms with Crippen LogP contribution < -0.4 is 5.32 Å². The molecule has 1 aliphatic heterocycles. The van der Waals surface area contributed by atoms with Gasteiger partial charge in [0.15, 0.2) is 12.1 Å². The average Bonchev–Trinajstić information content (AvgIpc) is 2.83. The van der Waals surface area contributed by atoms with Gasteiger partial charge in [-0.3, -0.25) is 14.9 Å². The van der Waals surface area contributed by atoms with Crippen molar-refractivity contribution in [3.8, 4) is 5.88 Å². The topological polar surface area (TPSA) is 90.0 Å². The fraction of sp³-hybridized carbons (Fsp3) is 0.200. The van der Waals surface area contributed by atoms with Crippen molar-refractivity contribution < 1.29 is 14.0 Å². The highest BCUT2D eigenvalue weighted by atomic mass is 16.4. The number of hydrogen-bond donors (Lipinski definition) is 1. The molecule has 1 aliphatic rings. The number of nitrogens with zero attached hydrogens (tertiary/aromatic N) is 3. The van der Waals surface area contributed by atoms with Gasteiger partial charge in [0.05, 0.1) is 6.42 Å². The second-order valence-electron chi connectivity index (χ2n) is 3.74. The molecule has 2 amide bonds. The number of amides is 2. The standard InChI is InChI=1S/C10H8N4O3/c1-5-10(17-4-11-5)14-3-6-2-7(15)12-9(16)8(6)13-14/h3-4H,2H2,1H3,(H,12,15,16). The third-order valence-electron chi connectivity index (χ3n) is 2.54. The average molecular weight is 232 g/mol. The van der Waals surface area contributed by atoms with Gasteiger partial charge in [-0.25, -0.2) is 9.67 Å². The number of fused-ring (bicyclic) bond motifs is 1. The van der Waals surface area contributed by atoms with Gasteiger partial charge < -0.3 is 4.42 Å². The van der Waals surface area contributed by atoms with E-state index in [0.29, 0.717) is 17.1 Å². The number of imide groups is 1. The molecule has 2 aromatic rings. The molecule has 0 atom stereocenters. The van der Waals surface area contributed by atoms with E-state index >= 15 is 0 Å². The van der Waals surface area contributed by atoms with Crippen molar-refractivity contribution in [2.45, 2.75) is 13.3 Å². The van der Waals surface area contributed by atoms with Crippen LogP contribution in [0.1, 0.15) is 21.7 Å². The SMILES string of the molecule is Cc1ncoc1-n1cc2c(n1)C(=O)NC(=O)C2. The van der Waals surface area contributed by atoms with Crippen molar-refractivity contribution in [1.29, 1.82) is 0 Å². The summed E-state index contributed by atoms with van der Waals surface area (Å²) in [4.78, 5) is 26.6. The van der Waals surface area contributed by atoms with Crippen LogP contribution in [0.2, 0.25) is 0 Å². The van der Waals surface area contributed by atoms with Gasteiger partial charge in [-0.15, -0.1) is 0 Å². The molecule has 2 aromatic heterocycles. The van der Waals surface area contributed by atoms with Gasteiger partial charge in [0.1, 0.15) is 5.69 Å². The smallest absolute Gasteiger partial charge is 0.278 e. The first-order valence-electron chi connectivity index (χ1n) is 4.98. The predicted molar refractivity (Wildman–Crippen MR) is 54.5 cm³/mol. The second kappa shape index (κ2) is 3.27. The second-order valence-corrected chi connectivity index (χ2v) is 3.74. The van der Waals surface area contributed by atoms with Gasteiger partial charge in [0.2, 0.25) is 11.8 Å². The quantitative estimate of drug-likeness (QED) is 0.698. The van der Waals surface area contributed by atoms with Crippen LogP contribution in [0.4, 0.5) is 0 Å². The van der Waals surface area contributed by atoms with Crippen molar-refractivity contribution in [1.82, 2.24) is 20.1 Å². The van der Waals surface area contributed by atoms with Gasteiger partial charge >= 0.3 is 0 Å². The van der Waals surface area contributed by atoms with E-state index in [4.69, 9.17) is 4.42 Å². The number of oxazole rings is 1. The minimum absolute atomic E-state index is 0.147. The summed E-state index contributed by atoms with van der Waals surface area (Å²) in [6, 6.07) is 0. The maximum atomic E-state index is 11.5. The number of carbonyl (C=O) groups is 2. The highest BCUT2D eigenvalue weighted by Crippen LogP contribution is 2.17. The molecule has 0 saturated heterocycles. The largest absolute Gasteiger partial charge is 0.425 e. The van der Waals surface area contributed by atoms with Crippen LogP contribution in [0.5, 0.6) is 0 Å². The Morgan fingerprint density at radius 2 is 2.29 bits per heavy atom. The summed E-state index contributed by atoms with van der Waals surface area (Å²) < 4.78 is 6.58. The number of hydrogen-bond acceptors (Lipinski definition) is 5. The summed E-state index contributed by atoms with van der Waals surface area (Å²) >= 11 is 0. The van der Waals surface area contributed by atoms with E-state index < -0.39 is 5.91 Å². The zero-order valence-corrected chi connectivity index (χ0v) is 8.93. The molecule has 3 heterocycles. The van der Waals surface area contributed by atoms with Crippen LogP contribution in [-0.4, -0.2) is 26.6 Å². The fourth-order valence-electron chi connectivity index (χ4n) is 1.75. The lowest BCUT2D eigenvalue weighted by Crippen LogP contribution is -2.36. The summed E-state index contributed by atoms with van der Waals surface area (Å²) in [6.07, 6.45) is 3.06. The molecule has 7 nitrogen and oxygen atoms in total. The predicted octanol–water partition coefficient (Wildman–Crippen LogP) is -0.0188. The number of nitrogens with one attached hydrogen (secondary N) is 1. The number of rotatable bonds is 1. The Balaban J connectivity index is 2.11. The molecule has 3 rings (SSSR count). The molecule has 7 heteroatoms. The van der Waals surface area contributed by atoms with Crippen molar-refractivity contribution in [2.24, 2.45) is 0 Å². The maximum Gasteiger partial charge on any atom is 0.278 e. The molecule has 0 saturated carbocycles. The first-order chi connectivity index (χ1) is 8.15. The molecule has 0 spiro atoms. The Morgan fingerprint density at radius 1 is 1.47 bits per heavy atom. The minimum Gasteiger partial charge on any atom is -0.425 e. The highest BCUT2D eigenvalue weighted by Gasteiger charge is 2.26. The fourth-order valence-corrected chi connectivity index (χ4v) is 1.75. The van der Waals surface area contributed by atoms with Gasteiger partial charge in [-0.05, 0) is 6.92 Å². The van der Waals surface area contributed by atoms with E-state index in [1.807, 2.05) is 0 Å². The monoisotopic (exact) mass is 232 g/mol. The minimum atomic E-state index is -0.479. The van der Waals surface area contributed by atoms with Gasteiger partial charge in [-0.2, -0.15) is 5.10 Å². The zero-order chi connectivity index (χ0) is 12.0. The summed E-state index contributed by atoms with van der Waals surface area (Å²) in [6.45, 7) is 1.77. The summed E-state index contributed by atoms with van der Waals surface area (Å²) in [7, 11) is 0. The Labute approximate surface area is 95.4 Å². The van der Waals surface area contributed by atoms with E-state index in [1.165, 1.54) is 11.1 Å². The molecule has 0 aliphatic carbocycles. The summed E-state index contributed by atoms with van der Waals surface area (Å²) in [5.41, 5.74) is 1.51. The zero-order valence-electron chi connectivity index (χ0n) is 8.93. The van der Waals surface area contributed by atoms with Crippen LogP contribution in [0, 0.1) is 6.92 Å². The Hall–Kier alpha value is -2.44. The molecule has 17 heavy (non-hydrogen) atoms. The summed E-state index contributed by atoms with van der Waals surface area (Å²) in [5.74, 6) is -0.358. The van der Waals surface area contributed by atoms with E-state index in [1.54, 1.807) is 13.1 Å². The highest BCUT2D eigenvalue weighted by molar-refractivity contribution is 6.08. The molecule has 0 fully saturated rings. The molecule has 0 bridgehead atoms. The molecule has 0 aromatic carbocycles. The number of carbonyl (C=O) groups excluding carboxylic acids is 2. The molecule has 86 valence electrons. The van der Waals surface area contributed by atoms with Crippen LogP contribution in [-0.2, 0) is 11.2 Å². The Bertz CT molecular complexity index is 625. The normalized spacial score (nSPS) is 14.6. The molecular formula is C10H8N4O3. The van der Waals surface area contributed by atoms with E-state index in [9.17, 15) is 9.59 Å². The summed E-state index contributed by atoms with van der Waals surface area (Å²) in [5, 5.41) is 6.30. The lowest BCUT2D eigenvalue weighted by atomic mass is 10.1. The Morgan fingerprint density at radius 3 is 3.00 bits per heavy atom. The maximum absolute atomic E-state index is 11.5. The first-order valence-corrected chi connectivity index (χ1v) is 4.98. The van der Waals surface area contributed by atoms with Crippen LogP contribution in [0.3, 0.4) is 0 Å². The number of aryl methyl sites for hydroxylation is 1. The molecular weight excluding hydrogens is 224 g/mol. The van der Waals surface area contributed by atoms with Gasteiger partial charge in [-0.1, -0.05) is 0 Å². The lowest BCUT2D eigenvalue weighted by Gasteiger charge is -2.07. The van der Waals surface area contributed by atoms with Crippen molar-refractivity contribution >= 4 is 11.8 Å². The van der Waals surface area contributed by atoms with Crippen LogP contribution in [0.25, 0.3) is 5.88 Å². The number of aromatic nitrogens is 3.